The summed E-state index contributed by atoms with van der Waals surface area (Å²) in [6.45, 7) is 3.51. The van der Waals surface area contributed by atoms with Gasteiger partial charge in [-0.15, -0.1) is 0 Å². The van der Waals surface area contributed by atoms with Gasteiger partial charge in [0.25, 0.3) is 0 Å². The second-order valence-electron chi connectivity index (χ2n) is 6.23. The van der Waals surface area contributed by atoms with E-state index in [0.717, 1.165) is 23.1 Å². The average molecular weight is 321 g/mol. The van der Waals surface area contributed by atoms with Crippen molar-refractivity contribution in [3.63, 3.8) is 0 Å². The summed E-state index contributed by atoms with van der Waals surface area (Å²) < 4.78 is 11.9. The van der Waals surface area contributed by atoms with Crippen LogP contribution in [0.2, 0.25) is 0 Å². The number of benzene rings is 2. The summed E-state index contributed by atoms with van der Waals surface area (Å²) in [6, 6.07) is 18.2. The molecular weight excluding hydrogens is 298 g/mol. The number of unbranched alkanes of at least 4 members (excludes halogenated alkanes) is 1. The van der Waals surface area contributed by atoms with Crippen LogP contribution in [0.3, 0.4) is 0 Å². The second-order valence-corrected chi connectivity index (χ2v) is 6.23. The molecule has 0 unspecified atom stereocenters. The van der Waals surface area contributed by atoms with E-state index in [1.54, 1.807) is 0 Å². The first kappa shape index (κ1) is 16.7. The number of ether oxygens (including phenoxy) is 2. The molecule has 3 nitrogen and oxygen atoms in total. The average Bonchev–Trinajstić information content (AvgIpc) is 2.67. The fourth-order valence-electron chi connectivity index (χ4n) is 2.96. The van der Waals surface area contributed by atoms with E-state index in [1.807, 2.05) is 24.3 Å². The van der Waals surface area contributed by atoms with Gasteiger partial charge in [0.15, 0.2) is 0 Å². The lowest BCUT2D eigenvalue weighted by molar-refractivity contribution is -0.137. The van der Waals surface area contributed by atoms with Gasteiger partial charge in [-0.3, -0.25) is 0 Å². The molecule has 0 N–H and O–H groups in total. The van der Waals surface area contributed by atoms with Crippen LogP contribution in [0.25, 0.3) is 11.1 Å². The lowest BCUT2D eigenvalue weighted by Gasteiger charge is -2.30. The molecule has 3 rings (SSSR count). The largest absolute Gasteiger partial charge is 0.373 e. The van der Waals surface area contributed by atoms with Crippen molar-refractivity contribution in [1.29, 1.82) is 5.26 Å². The molecular formula is C21H23NO2. The maximum Gasteiger partial charge on any atom is 0.106 e. The van der Waals surface area contributed by atoms with E-state index in [0.29, 0.717) is 18.8 Å². The van der Waals surface area contributed by atoms with Gasteiger partial charge in [0.1, 0.15) is 6.10 Å². The molecule has 24 heavy (non-hydrogen) atoms. The fourth-order valence-corrected chi connectivity index (χ4v) is 2.96. The van der Waals surface area contributed by atoms with Crippen molar-refractivity contribution in [2.24, 2.45) is 0 Å². The Labute approximate surface area is 143 Å². The molecule has 0 spiro atoms. The van der Waals surface area contributed by atoms with Gasteiger partial charge in [-0.2, -0.15) is 5.26 Å². The quantitative estimate of drug-likeness (QED) is 0.789. The Morgan fingerprint density at radius 3 is 2.17 bits per heavy atom. The Hall–Kier alpha value is -2.15. The van der Waals surface area contributed by atoms with Crippen LogP contribution < -0.4 is 0 Å². The molecule has 1 fully saturated rings. The molecule has 2 aromatic rings. The fraction of sp³-hybridized carbons (Fsp3) is 0.381. The van der Waals surface area contributed by atoms with Crippen LogP contribution in [0.4, 0.5) is 0 Å². The van der Waals surface area contributed by atoms with Crippen molar-refractivity contribution in [2.75, 3.05) is 13.2 Å². The normalized spacial score (nSPS) is 20.5. The highest BCUT2D eigenvalue weighted by Gasteiger charge is 2.23. The Kier molecular flexibility index (Phi) is 5.63. The van der Waals surface area contributed by atoms with Crippen molar-refractivity contribution < 1.29 is 9.47 Å². The van der Waals surface area contributed by atoms with Gasteiger partial charge in [-0.05, 0) is 35.2 Å². The minimum absolute atomic E-state index is 0.0258. The SMILES string of the molecule is CCCC[C@@H]1CO[C@@H](c2ccc(-c3ccc(C#N)cc3)cc2)CO1. The molecule has 0 bridgehead atoms. The Balaban J connectivity index is 1.61. The first-order valence-electron chi connectivity index (χ1n) is 8.64. The van der Waals surface area contributed by atoms with Gasteiger partial charge in [0, 0.05) is 0 Å². The third-order valence-corrected chi connectivity index (χ3v) is 4.48. The van der Waals surface area contributed by atoms with Crippen LogP contribution in [0.15, 0.2) is 48.5 Å². The molecule has 1 saturated heterocycles. The number of hydrogen-bond acceptors (Lipinski definition) is 3. The summed E-state index contributed by atoms with van der Waals surface area (Å²) in [6.07, 6.45) is 3.75. The lowest BCUT2D eigenvalue weighted by atomic mass is 10.0. The zero-order chi connectivity index (χ0) is 16.8. The summed E-state index contributed by atoms with van der Waals surface area (Å²) in [5, 5.41) is 8.87. The number of rotatable bonds is 5. The number of nitriles is 1. The maximum absolute atomic E-state index is 8.87. The van der Waals surface area contributed by atoms with Gasteiger partial charge in [-0.1, -0.05) is 56.2 Å². The highest BCUT2D eigenvalue weighted by molar-refractivity contribution is 5.64. The second kappa shape index (κ2) is 8.10. The molecule has 2 aromatic carbocycles. The molecule has 0 saturated carbocycles. The maximum atomic E-state index is 8.87. The van der Waals surface area contributed by atoms with Crippen molar-refractivity contribution >= 4 is 0 Å². The van der Waals surface area contributed by atoms with Gasteiger partial charge in [-0.25, -0.2) is 0 Å². The van der Waals surface area contributed by atoms with Gasteiger partial charge < -0.3 is 9.47 Å². The summed E-state index contributed by atoms with van der Waals surface area (Å²) >= 11 is 0. The predicted octanol–water partition coefficient (Wildman–Crippen LogP) is 4.87. The van der Waals surface area contributed by atoms with Crippen molar-refractivity contribution in [2.45, 2.75) is 38.4 Å². The van der Waals surface area contributed by atoms with Crippen LogP contribution in [0, 0.1) is 11.3 Å². The minimum Gasteiger partial charge on any atom is -0.373 e. The van der Waals surface area contributed by atoms with E-state index in [9.17, 15) is 0 Å². The van der Waals surface area contributed by atoms with Crippen LogP contribution in [-0.4, -0.2) is 19.3 Å². The highest BCUT2D eigenvalue weighted by atomic mass is 16.6. The van der Waals surface area contributed by atoms with E-state index in [2.05, 4.69) is 37.3 Å². The molecule has 1 heterocycles. The first-order valence-corrected chi connectivity index (χ1v) is 8.64. The summed E-state index contributed by atoms with van der Waals surface area (Å²) in [4.78, 5) is 0. The summed E-state index contributed by atoms with van der Waals surface area (Å²) in [5.41, 5.74) is 4.09. The van der Waals surface area contributed by atoms with E-state index in [4.69, 9.17) is 14.7 Å². The van der Waals surface area contributed by atoms with Crippen molar-refractivity contribution in [3.8, 4) is 17.2 Å². The molecule has 3 heteroatoms. The molecule has 0 aromatic heterocycles. The van der Waals surface area contributed by atoms with Crippen LogP contribution in [-0.2, 0) is 9.47 Å². The molecule has 0 amide bonds. The van der Waals surface area contributed by atoms with Crippen LogP contribution in [0.1, 0.15) is 43.4 Å². The molecule has 2 atom stereocenters. The summed E-state index contributed by atoms with van der Waals surface area (Å²) in [5.74, 6) is 0. The third-order valence-electron chi connectivity index (χ3n) is 4.48. The first-order chi connectivity index (χ1) is 11.8. The molecule has 0 radical (unpaired) electrons. The van der Waals surface area contributed by atoms with E-state index < -0.39 is 0 Å². The number of hydrogen-bond donors (Lipinski definition) is 0. The third kappa shape index (κ3) is 4.03. The smallest absolute Gasteiger partial charge is 0.106 e. The molecule has 124 valence electrons. The van der Waals surface area contributed by atoms with Crippen LogP contribution >= 0.6 is 0 Å². The standard InChI is InChI=1S/C21H23NO2/c1-2-3-4-20-14-24-21(15-23-20)19-11-9-18(10-12-19)17-7-5-16(13-22)6-8-17/h5-12,20-21H,2-4,14-15H2,1H3/t20-,21-/m1/s1. The Morgan fingerprint density at radius 2 is 1.62 bits per heavy atom. The predicted molar refractivity (Wildman–Crippen MR) is 94.6 cm³/mol. The lowest BCUT2D eigenvalue weighted by Crippen LogP contribution is -2.31. The Morgan fingerprint density at radius 1 is 0.958 bits per heavy atom. The number of nitrogens with zero attached hydrogens (tertiary/aromatic N) is 1. The van der Waals surface area contributed by atoms with Crippen LogP contribution in [0.5, 0.6) is 0 Å². The highest BCUT2D eigenvalue weighted by Crippen LogP contribution is 2.27. The van der Waals surface area contributed by atoms with E-state index in [1.165, 1.54) is 12.8 Å². The molecule has 1 aliphatic heterocycles. The topological polar surface area (TPSA) is 42.2 Å². The molecule has 0 aliphatic carbocycles. The van der Waals surface area contributed by atoms with Gasteiger partial charge >= 0.3 is 0 Å². The van der Waals surface area contributed by atoms with Gasteiger partial charge in [0.05, 0.1) is 31.0 Å². The molecule has 1 aliphatic rings. The monoisotopic (exact) mass is 321 g/mol. The van der Waals surface area contributed by atoms with Crippen molar-refractivity contribution in [1.82, 2.24) is 0 Å². The zero-order valence-corrected chi connectivity index (χ0v) is 14.1. The minimum atomic E-state index is 0.0258. The van der Waals surface area contributed by atoms with E-state index >= 15 is 0 Å². The summed E-state index contributed by atoms with van der Waals surface area (Å²) in [7, 11) is 0. The van der Waals surface area contributed by atoms with E-state index in [-0.39, 0.29) is 12.2 Å². The van der Waals surface area contributed by atoms with Gasteiger partial charge in [0.2, 0.25) is 0 Å². The van der Waals surface area contributed by atoms with Crippen molar-refractivity contribution in [3.05, 3.63) is 59.7 Å². The zero-order valence-electron chi connectivity index (χ0n) is 14.1. The Bertz CT molecular complexity index is 677.